The van der Waals surface area contributed by atoms with E-state index in [1.54, 1.807) is 24.3 Å². The number of aliphatic imine (C=N–C) groups is 1. The van der Waals surface area contributed by atoms with E-state index in [9.17, 15) is 20.0 Å². The molecule has 7 heteroatoms. The van der Waals surface area contributed by atoms with Crippen molar-refractivity contribution in [3.63, 3.8) is 0 Å². The third-order valence-electron chi connectivity index (χ3n) is 7.75. The minimum Gasteiger partial charge on any atom is -0.478 e. The Morgan fingerprint density at radius 1 is 0.944 bits per heavy atom. The summed E-state index contributed by atoms with van der Waals surface area (Å²) in [4.78, 5) is 29.8. The molecule has 0 saturated carbocycles. The highest BCUT2D eigenvalue weighted by molar-refractivity contribution is 6.19. The fourth-order valence-electron chi connectivity index (χ4n) is 5.37. The van der Waals surface area contributed by atoms with Gasteiger partial charge in [-0.05, 0) is 65.1 Å². The molecular weight excluding hydrogens is 454 g/mol. The lowest BCUT2D eigenvalue weighted by molar-refractivity contribution is -0.384. The third kappa shape index (κ3) is 3.75. The number of hydrogen-bond donors (Lipinski definition) is 1. The fourth-order valence-corrected chi connectivity index (χ4v) is 5.37. The highest BCUT2D eigenvalue weighted by Gasteiger charge is 2.38. The van der Waals surface area contributed by atoms with Crippen molar-refractivity contribution in [3.05, 3.63) is 92.5 Å². The predicted molar refractivity (Wildman–Crippen MR) is 142 cm³/mol. The van der Waals surface area contributed by atoms with Gasteiger partial charge in [0.05, 0.1) is 33.3 Å². The molecule has 0 fully saturated rings. The maximum Gasteiger partial charge on any atom is 0.335 e. The van der Waals surface area contributed by atoms with Crippen molar-refractivity contribution in [2.75, 3.05) is 11.9 Å². The van der Waals surface area contributed by atoms with Crippen molar-refractivity contribution in [2.24, 2.45) is 4.99 Å². The quantitative estimate of drug-likeness (QED) is 0.323. The summed E-state index contributed by atoms with van der Waals surface area (Å²) in [5, 5.41) is 21.0. The van der Waals surface area contributed by atoms with Gasteiger partial charge in [0.25, 0.3) is 5.69 Å². The van der Waals surface area contributed by atoms with Gasteiger partial charge in [-0.1, -0.05) is 39.8 Å². The zero-order valence-electron chi connectivity index (χ0n) is 21.1. The monoisotopic (exact) mass is 483 g/mol. The number of anilines is 2. The second-order valence-electron chi connectivity index (χ2n) is 11.0. The van der Waals surface area contributed by atoms with E-state index >= 15 is 0 Å². The van der Waals surface area contributed by atoms with E-state index in [1.807, 2.05) is 7.05 Å². The van der Waals surface area contributed by atoms with Crippen LogP contribution in [0.1, 0.15) is 73.1 Å². The number of nitro benzene ring substituents is 1. The molecule has 7 nitrogen and oxygen atoms in total. The number of fused-ring (bicyclic) bond motifs is 3. The molecule has 0 saturated heterocycles. The van der Waals surface area contributed by atoms with Gasteiger partial charge in [0.2, 0.25) is 0 Å². The molecule has 184 valence electrons. The minimum absolute atomic E-state index is 0.00475. The first-order valence-corrected chi connectivity index (χ1v) is 12.0. The fraction of sp³-hybridized carbons (Fsp3) is 0.310. The van der Waals surface area contributed by atoms with Crippen LogP contribution >= 0.6 is 0 Å². The van der Waals surface area contributed by atoms with E-state index in [0.29, 0.717) is 16.8 Å². The van der Waals surface area contributed by atoms with Crippen LogP contribution in [0.15, 0.2) is 59.6 Å². The van der Waals surface area contributed by atoms with Gasteiger partial charge < -0.3 is 10.0 Å². The van der Waals surface area contributed by atoms with E-state index in [-0.39, 0.29) is 22.1 Å². The highest BCUT2D eigenvalue weighted by atomic mass is 16.6. The van der Waals surface area contributed by atoms with Gasteiger partial charge in [0.15, 0.2) is 0 Å². The molecule has 0 amide bonds. The van der Waals surface area contributed by atoms with E-state index in [1.165, 1.54) is 29.3 Å². The molecule has 0 atom stereocenters. The summed E-state index contributed by atoms with van der Waals surface area (Å²) in [6.07, 6.45) is 2.16. The second-order valence-corrected chi connectivity index (χ2v) is 11.0. The molecule has 1 heterocycles. The summed E-state index contributed by atoms with van der Waals surface area (Å²) >= 11 is 0. The number of carbonyl (C=O) groups is 1. The SMILES string of the molecule is CN1c2cc3c(cc2N=C(c2ccc(C(=O)O)cc2)c2cc([N+](=O)[O-])ccc21)C(C)(C)CCC3(C)C. The summed E-state index contributed by atoms with van der Waals surface area (Å²) in [5.41, 5.74) is 7.15. The first-order chi connectivity index (χ1) is 16.9. The highest BCUT2D eigenvalue weighted by Crippen LogP contribution is 2.51. The van der Waals surface area contributed by atoms with Crippen molar-refractivity contribution in [2.45, 2.75) is 51.4 Å². The van der Waals surface area contributed by atoms with Crippen molar-refractivity contribution < 1.29 is 14.8 Å². The molecule has 0 radical (unpaired) electrons. The Balaban J connectivity index is 1.81. The average Bonchev–Trinajstić information content (AvgIpc) is 2.95. The molecule has 5 rings (SSSR count). The first kappa shape index (κ1) is 23.7. The second kappa shape index (κ2) is 8.01. The van der Waals surface area contributed by atoms with Gasteiger partial charge in [0.1, 0.15) is 0 Å². The van der Waals surface area contributed by atoms with Crippen LogP contribution < -0.4 is 4.90 Å². The molecule has 1 aliphatic carbocycles. The van der Waals surface area contributed by atoms with Gasteiger partial charge in [-0.15, -0.1) is 0 Å². The Labute approximate surface area is 210 Å². The Morgan fingerprint density at radius 2 is 1.56 bits per heavy atom. The maximum atomic E-state index is 11.6. The number of aromatic carboxylic acids is 1. The molecule has 0 aromatic heterocycles. The minimum atomic E-state index is -1.01. The third-order valence-corrected chi connectivity index (χ3v) is 7.75. The topological polar surface area (TPSA) is 96.0 Å². The standard InChI is InChI=1S/C29H29N3O4/c1-28(2)12-13-29(3,4)22-16-25-23(15-21(22)28)30-26(17-6-8-18(9-7-17)27(33)34)20-14-19(32(35)36)10-11-24(20)31(25)5/h6-11,14-16H,12-13H2,1-5H3,(H,33,34). The van der Waals surface area contributed by atoms with Gasteiger partial charge in [0, 0.05) is 30.3 Å². The van der Waals surface area contributed by atoms with Crippen LogP contribution in [0.4, 0.5) is 22.7 Å². The van der Waals surface area contributed by atoms with E-state index < -0.39 is 10.9 Å². The number of benzene rings is 3. The summed E-state index contributed by atoms with van der Waals surface area (Å²) in [7, 11) is 1.96. The lowest BCUT2D eigenvalue weighted by atomic mass is 9.63. The molecule has 3 aromatic rings. The largest absolute Gasteiger partial charge is 0.478 e. The maximum absolute atomic E-state index is 11.6. The van der Waals surface area contributed by atoms with Crippen molar-refractivity contribution in [3.8, 4) is 0 Å². The van der Waals surface area contributed by atoms with E-state index in [0.717, 1.165) is 29.9 Å². The molecule has 2 aliphatic rings. The van der Waals surface area contributed by atoms with E-state index in [2.05, 4.69) is 44.7 Å². The number of nitro groups is 1. The molecule has 3 aromatic carbocycles. The number of carboxylic acid groups (broad SMARTS) is 1. The van der Waals surface area contributed by atoms with Crippen LogP contribution in [-0.4, -0.2) is 28.8 Å². The number of carboxylic acids is 1. The predicted octanol–water partition coefficient (Wildman–Crippen LogP) is 6.89. The Kier molecular flexibility index (Phi) is 5.28. The number of nitrogens with zero attached hydrogens (tertiary/aromatic N) is 3. The molecular formula is C29H29N3O4. The normalized spacial score (nSPS) is 17.2. The Morgan fingerprint density at radius 3 is 2.14 bits per heavy atom. The van der Waals surface area contributed by atoms with Gasteiger partial charge in [-0.3, -0.25) is 10.1 Å². The van der Waals surface area contributed by atoms with Crippen LogP contribution in [0.2, 0.25) is 0 Å². The summed E-state index contributed by atoms with van der Waals surface area (Å²) in [6.45, 7) is 9.09. The lowest BCUT2D eigenvalue weighted by Gasteiger charge is -2.42. The number of non-ortho nitro benzene ring substituents is 1. The van der Waals surface area contributed by atoms with Crippen LogP contribution in [0.5, 0.6) is 0 Å². The van der Waals surface area contributed by atoms with Crippen molar-refractivity contribution >= 4 is 34.4 Å². The Hall–Kier alpha value is -4.00. The molecule has 1 N–H and O–H groups in total. The van der Waals surface area contributed by atoms with E-state index in [4.69, 9.17) is 4.99 Å². The van der Waals surface area contributed by atoms with Crippen LogP contribution in [-0.2, 0) is 10.8 Å². The molecule has 36 heavy (non-hydrogen) atoms. The van der Waals surface area contributed by atoms with Crippen LogP contribution in [0.25, 0.3) is 0 Å². The summed E-state index contributed by atoms with van der Waals surface area (Å²) < 4.78 is 0. The van der Waals surface area contributed by atoms with Crippen LogP contribution in [0, 0.1) is 10.1 Å². The zero-order valence-corrected chi connectivity index (χ0v) is 21.1. The van der Waals surface area contributed by atoms with Crippen molar-refractivity contribution in [1.82, 2.24) is 0 Å². The van der Waals surface area contributed by atoms with Crippen LogP contribution in [0.3, 0.4) is 0 Å². The number of rotatable bonds is 3. The van der Waals surface area contributed by atoms with Gasteiger partial charge >= 0.3 is 5.97 Å². The Bertz CT molecular complexity index is 1450. The summed E-state index contributed by atoms with van der Waals surface area (Å²) in [5.74, 6) is -1.01. The molecule has 0 bridgehead atoms. The molecule has 0 unspecified atom stereocenters. The molecule has 1 aliphatic heterocycles. The van der Waals surface area contributed by atoms with Crippen molar-refractivity contribution in [1.29, 1.82) is 0 Å². The first-order valence-electron chi connectivity index (χ1n) is 12.0. The summed E-state index contributed by atoms with van der Waals surface area (Å²) in [6, 6.07) is 15.7. The smallest absolute Gasteiger partial charge is 0.335 e. The van der Waals surface area contributed by atoms with Gasteiger partial charge in [-0.2, -0.15) is 0 Å². The lowest BCUT2D eigenvalue weighted by Crippen LogP contribution is -2.34. The van der Waals surface area contributed by atoms with Gasteiger partial charge in [-0.25, -0.2) is 9.79 Å². The number of hydrogen-bond acceptors (Lipinski definition) is 5. The zero-order chi connectivity index (χ0) is 26.0. The average molecular weight is 484 g/mol. The molecule has 0 spiro atoms.